The molecule has 0 radical (unpaired) electrons. The molecule has 0 saturated carbocycles. The maximum absolute atomic E-state index is 9.10. The molecule has 1 aliphatic heterocycles. The third-order valence-electron chi connectivity index (χ3n) is 4.05. The number of hydrogen-bond donors (Lipinski definition) is 1. The van der Waals surface area contributed by atoms with Gasteiger partial charge in [-0.1, -0.05) is 0 Å². The standard InChI is InChI=1S/C13H24N4O/c1-11-12(8-14-16(11)3)9-17-6-5-15(2)13(10-17)4-7-18/h8,13,18H,4-7,9-10H2,1-3H3/t13-/m0/s1. The largest absolute Gasteiger partial charge is 0.396 e. The summed E-state index contributed by atoms with van der Waals surface area (Å²) in [5, 5.41) is 13.4. The second-order valence-corrected chi connectivity index (χ2v) is 5.26. The van der Waals surface area contributed by atoms with Gasteiger partial charge in [0.25, 0.3) is 0 Å². The van der Waals surface area contributed by atoms with Gasteiger partial charge in [-0.3, -0.25) is 9.58 Å². The van der Waals surface area contributed by atoms with E-state index in [1.807, 2.05) is 17.9 Å². The third-order valence-corrected chi connectivity index (χ3v) is 4.05. The molecule has 0 unspecified atom stereocenters. The highest BCUT2D eigenvalue weighted by molar-refractivity contribution is 5.15. The summed E-state index contributed by atoms with van der Waals surface area (Å²) in [5.41, 5.74) is 2.55. The zero-order valence-electron chi connectivity index (χ0n) is 11.6. The van der Waals surface area contributed by atoms with Crippen LogP contribution in [0.4, 0.5) is 0 Å². The number of aromatic nitrogens is 2. The minimum absolute atomic E-state index is 0.273. The number of aliphatic hydroxyl groups is 1. The average molecular weight is 252 g/mol. The number of aryl methyl sites for hydroxylation is 1. The zero-order valence-corrected chi connectivity index (χ0v) is 11.6. The van der Waals surface area contributed by atoms with Crippen LogP contribution in [0.5, 0.6) is 0 Å². The lowest BCUT2D eigenvalue weighted by Crippen LogP contribution is -2.51. The number of nitrogens with zero attached hydrogens (tertiary/aromatic N) is 4. The SMILES string of the molecule is Cc1c(CN2CCN(C)[C@@H](CCO)C2)cnn1C. The molecule has 0 aromatic carbocycles. The first-order valence-corrected chi connectivity index (χ1v) is 6.62. The van der Waals surface area contributed by atoms with Crippen LogP contribution in [0.3, 0.4) is 0 Å². The van der Waals surface area contributed by atoms with E-state index in [9.17, 15) is 0 Å². The van der Waals surface area contributed by atoms with Crippen LogP contribution in [-0.4, -0.2) is 64.0 Å². The van der Waals surface area contributed by atoms with Gasteiger partial charge < -0.3 is 10.0 Å². The lowest BCUT2D eigenvalue weighted by molar-refractivity contribution is 0.0742. The molecule has 1 saturated heterocycles. The van der Waals surface area contributed by atoms with Crippen molar-refractivity contribution < 1.29 is 5.11 Å². The minimum atomic E-state index is 0.273. The van der Waals surface area contributed by atoms with Crippen LogP contribution < -0.4 is 0 Å². The smallest absolute Gasteiger partial charge is 0.0537 e. The molecule has 0 amide bonds. The molecule has 1 aromatic heterocycles. The molecule has 0 spiro atoms. The lowest BCUT2D eigenvalue weighted by atomic mass is 10.1. The lowest BCUT2D eigenvalue weighted by Gasteiger charge is -2.39. The van der Waals surface area contributed by atoms with Crippen LogP contribution in [0.15, 0.2) is 6.20 Å². The molecule has 0 bridgehead atoms. The Morgan fingerprint density at radius 1 is 1.39 bits per heavy atom. The molecule has 1 fully saturated rings. The van der Waals surface area contributed by atoms with E-state index < -0.39 is 0 Å². The second kappa shape index (κ2) is 5.82. The predicted molar refractivity (Wildman–Crippen MR) is 71.3 cm³/mol. The van der Waals surface area contributed by atoms with Crippen molar-refractivity contribution in [1.82, 2.24) is 19.6 Å². The Morgan fingerprint density at radius 3 is 2.78 bits per heavy atom. The van der Waals surface area contributed by atoms with Crippen molar-refractivity contribution >= 4 is 0 Å². The number of hydrogen-bond acceptors (Lipinski definition) is 4. The van der Waals surface area contributed by atoms with Gasteiger partial charge in [-0.25, -0.2) is 0 Å². The Hall–Kier alpha value is -0.910. The first-order valence-electron chi connectivity index (χ1n) is 6.62. The van der Waals surface area contributed by atoms with E-state index in [1.165, 1.54) is 11.3 Å². The first-order chi connectivity index (χ1) is 8.61. The van der Waals surface area contributed by atoms with Crippen molar-refractivity contribution in [1.29, 1.82) is 0 Å². The van der Waals surface area contributed by atoms with Crippen LogP contribution in [0.1, 0.15) is 17.7 Å². The van der Waals surface area contributed by atoms with Crippen molar-refractivity contribution in [2.24, 2.45) is 7.05 Å². The number of aliphatic hydroxyl groups excluding tert-OH is 1. The van der Waals surface area contributed by atoms with Gasteiger partial charge in [-0.15, -0.1) is 0 Å². The van der Waals surface area contributed by atoms with Crippen LogP contribution in [-0.2, 0) is 13.6 Å². The van der Waals surface area contributed by atoms with E-state index in [1.54, 1.807) is 0 Å². The molecular weight excluding hydrogens is 228 g/mol. The Morgan fingerprint density at radius 2 is 2.17 bits per heavy atom. The monoisotopic (exact) mass is 252 g/mol. The number of rotatable bonds is 4. The van der Waals surface area contributed by atoms with Crippen molar-refractivity contribution in [3.63, 3.8) is 0 Å². The van der Waals surface area contributed by atoms with Crippen molar-refractivity contribution in [3.8, 4) is 0 Å². The fraction of sp³-hybridized carbons (Fsp3) is 0.769. The quantitative estimate of drug-likeness (QED) is 0.833. The molecule has 2 rings (SSSR count). The molecule has 2 heterocycles. The fourth-order valence-electron chi connectivity index (χ4n) is 2.56. The summed E-state index contributed by atoms with van der Waals surface area (Å²) in [5.74, 6) is 0. The summed E-state index contributed by atoms with van der Waals surface area (Å²) in [7, 11) is 4.13. The third kappa shape index (κ3) is 2.91. The summed E-state index contributed by atoms with van der Waals surface area (Å²) < 4.78 is 1.93. The van der Waals surface area contributed by atoms with Crippen LogP contribution in [0, 0.1) is 6.92 Å². The minimum Gasteiger partial charge on any atom is -0.396 e. The topological polar surface area (TPSA) is 44.5 Å². The first kappa shape index (κ1) is 13.5. The summed E-state index contributed by atoms with van der Waals surface area (Å²) in [4.78, 5) is 4.81. The van der Waals surface area contributed by atoms with E-state index in [0.29, 0.717) is 6.04 Å². The zero-order chi connectivity index (χ0) is 13.1. The molecule has 5 nitrogen and oxygen atoms in total. The van der Waals surface area contributed by atoms with E-state index in [4.69, 9.17) is 5.11 Å². The predicted octanol–water partition coefficient (Wildman–Crippen LogP) is 0.227. The molecule has 1 aromatic rings. The molecule has 0 aliphatic carbocycles. The summed E-state index contributed by atoms with van der Waals surface area (Å²) >= 11 is 0. The average Bonchev–Trinajstić information content (AvgIpc) is 2.66. The Labute approximate surface area is 109 Å². The van der Waals surface area contributed by atoms with Gasteiger partial charge in [0.1, 0.15) is 0 Å². The van der Waals surface area contributed by atoms with Gasteiger partial charge in [0, 0.05) is 57.1 Å². The molecule has 1 aliphatic rings. The Bertz CT molecular complexity index is 390. The van der Waals surface area contributed by atoms with E-state index >= 15 is 0 Å². The van der Waals surface area contributed by atoms with Gasteiger partial charge >= 0.3 is 0 Å². The van der Waals surface area contributed by atoms with Crippen LogP contribution >= 0.6 is 0 Å². The second-order valence-electron chi connectivity index (χ2n) is 5.26. The van der Waals surface area contributed by atoms with Crippen molar-refractivity contribution in [2.75, 3.05) is 33.3 Å². The maximum atomic E-state index is 9.10. The molecule has 18 heavy (non-hydrogen) atoms. The fourth-order valence-corrected chi connectivity index (χ4v) is 2.56. The van der Waals surface area contributed by atoms with Gasteiger partial charge in [-0.05, 0) is 20.4 Å². The molecule has 102 valence electrons. The Balaban J connectivity index is 1.96. The van der Waals surface area contributed by atoms with E-state index in [2.05, 4.69) is 28.9 Å². The van der Waals surface area contributed by atoms with Crippen molar-refractivity contribution in [3.05, 3.63) is 17.5 Å². The Kier molecular flexibility index (Phi) is 4.37. The number of piperazine rings is 1. The van der Waals surface area contributed by atoms with Crippen molar-refractivity contribution in [2.45, 2.75) is 25.9 Å². The molecule has 1 N–H and O–H groups in total. The van der Waals surface area contributed by atoms with E-state index in [-0.39, 0.29) is 6.61 Å². The van der Waals surface area contributed by atoms with Gasteiger partial charge in [0.05, 0.1) is 6.20 Å². The van der Waals surface area contributed by atoms with Crippen LogP contribution in [0.25, 0.3) is 0 Å². The normalized spacial score (nSPS) is 22.6. The highest BCUT2D eigenvalue weighted by Crippen LogP contribution is 2.15. The van der Waals surface area contributed by atoms with Gasteiger partial charge in [-0.2, -0.15) is 5.10 Å². The summed E-state index contributed by atoms with van der Waals surface area (Å²) in [6.45, 7) is 6.55. The van der Waals surface area contributed by atoms with Gasteiger partial charge in [0.15, 0.2) is 0 Å². The molecule has 5 heteroatoms. The van der Waals surface area contributed by atoms with E-state index in [0.717, 1.165) is 32.6 Å². The van der Waals surface area contributed by atoms with Gasteiger partial charge in [0.2, 0.25) is 0 Å². The summed E-state index contributed by atoms with van der Waals surface area (Å²) in [6, 6.07) is 0.473. The highest BCUT2D eigenvalue weighted by atomic mass is 16.3. The summed E-state index contributed by atoms with van der Waals surface area (Å²) in [6.07, 6.45) is 2.83. The molecular formula is C13H24N4O. The maximum Gasteiger partial charge on any atom is 0.0537 e. The van der Waals surface area contributed by atoms with Crippen LogP contribution in [0.2, 0.25) is 0 Å². The number of likely N-dealkylation sites (N-methyl/N-ethyl adjacent to an activating group) is 1. The highest BCUT2D eigenvalue weighted by Gasteiger charge is 2.24. The molecule has 1 atom stereocenters.